The van der Waals surface area contributed by atoms with Crippen LogP contribution in [0.3, 0.4) is 0 Å². The Morgan fingerprint density at radius 2 is 2.05 bits per heavy atom. The lowest BCUT2D eigenvalue weighted by Crippen LogP contribution is -2.24. The van der Waals surface area contributed by atoms with Crippen LogP contribution in [0.4, 0.5) is 0 Å². The maximum Gasteiger partial charge on any atom is 0.231 e. The summed E-state index contributed by atoms with van der Waals surface area (Å²) >= 11 is 0. The first-order valence-corrected chi connectivity index (χ1v) is 7.50. The van der Waals surface area contributed by atoms with Crippen LogP contribution in [0.5, 0.6) is 17.2 Å². The SMILES string of the molecule is CC1(C)CCC(COc2cc3c(cc2CCN)OCO3)O1. The van der Waals surface area contributed by atoms with Crippen molar-refractivity contribution in [3.63, 3.8) is 0 Å². The molecule has 1 atom stereocenters. The molecule has 5 nitrogen and oxygen atoms in total. The predicted octanol–water partition coefficient (Wildman–Crippen LogP) is 2.25. The fraction of sp³-hybridized carbons (Fsp3) is 0.625. The van der Waals surface area contributed by atoms with Gasteiger partial charge < -0.3 is 24.7 Å². The molecular formula is C16H23NO4. The lowest BCUT2D eigenvalue weighted by Gasteiger charge is -2.20. The van der Waals surface area contributed by atoms with Gasteiger partial charge in [-0.3, -0.25) is 0 Å². The van der Waals surface area contributed by atoms with E-state index in [0.717, 1.165) is 42.1 Å². The normalized spacial score (nSPS) is 22.5. The lowest BCUT2D eigenvalue weighted by molar-refractivity contribution is -0.0327. The van der Waals surface area contributed by atoms with Crippen molar-refractivity contribution < 1.29 is 18.9 Å². The van der Waals surface area contributed by atoms with E-state index < -0.39 is 0 Å². The minimum Gasteiger partial charge on any atom is -0.490 e. The van der Waals surface area contributed by atoms with Gasteiger partial charge in [-0.15, -0.1) is 0 Å². The van der Waals surface area contributed by atoms with Gasteiger partial charge in [-0.1, -0.05) is 0 Å². The number of rotatable bonds is 5. The first-order valence-electron chi connectivity index (χ1n) is 7.50. The third-order valence-electron chi connectivity index (χ3n) is 3.95. The van der Waals surface area contributed by atoms with Gasteiger partial charge in [0.15, 0.2) is 11.5 Å². The van der Waals surface area contributed by atoms with E-state index >= 15 is 0 Å². The molecule has 0 amide bonds. The van der Waals surface area contributed by atoms with Crippen molar-refractivity contribution in [2.24, 2.45) is 5.73 Å². The number of hydrogen-bond donors (Lipinski definition) is 1. The van der Waals surface area contributed by atoms with Crippen molar-refractivity contribution in [2.45, 2.75) is 44.8 Å². The van der Waals surface area contributed by atoms with E-state index in [1.165, 1.54) is 0 Å². The summed E-state index contributed by atoms with van der Waals surface area (Å²) in [5.74, 6) is 2.32. The van der Waals surface area contributed by atoms with E-state index in [4.69, 9.17) is 24.7 Å². The fourth-order valence-corrected chi connectivity index (χ4v) is 2.83. The summed E-state index contributed by atoms with van der Waals surface area (Å²) in [5.41, 5.74) is 6.69. The van der Waals surface area contributed by atoms with Gasteiger partial charge in [-0.2, -0.15) is 0 Å². The smallest absolute Gasteiger partial charge is 0.231 e. The minimum atomic E-state index is -0.0387. The topological polar surface area (TPSA) is 62.9 Å². The van der Waals surface area contributed by atoms with Gasteiger partial charge in [0, 0.05) is 6.07 Å². The molecule has 0 aromatic heterocycles. The number of benzene rings is 1. The maximum absolute atomic E-state index is 5.98. The molecule has 2 aliphatic heterocycles. The molecule has 1 aromatic rings. The summed E-state index contributed by atoms with van der Waals surface area (Å²) in [4.78, 5) is 0. The van der Waals surface area contributed by atoms with Crippen molar-refractivity contribution in [3.05, 3.63) is 17.7 Å². The highest BCUT2D eigenvalue weighted by Crippen LogP contribution is 2.39. The van der Waals surface area contributed by atoms with Gasteiger partial charge >= 0.3 is 0 Å². The molecule has 116 valence electrons. The van der Waals surface area contributed by atoms with E-state index in [2.05, 4.69) is 13.8 Å². The van der Waals surface area contributed by atoms with E-state index in [0.29, 0.717) is 13.2 Å². The predicted molar refractivity (Wildman–Crippen MR) is 79.0 cm³/mol. The standard InChI is InChI=1S/C16H23NO4/c1-16(2)5-3-12(21-16)9-18-13-8-15-14(19-10-20-15)7-11(13)4-6-17/h7-8,12H,3-6,9-10,17H2,1-2H3. The summed E-state index contributed by atoms with van der Waals surface area (Å²) in [6.45, 7) is 5.63. The lowest BCUT2D eigenvalue weighted by atomic mass is 10.1. The maximum atomic E-state index is 5.98. The Balaban J connectivity index is 1.69. The Morgan fingerprint density at radius 3 is 2.71 bits per heavy atom. The van der Waals surface area contributed by atoms with Gasteiger partial charge in [0.05, 0.1) is 11.7 Å². The molecule has 1 aromatic carbocycles. The summed E-state index contributed by atoms with van der Waals surface area (Å²) in [7, 11) is 0. The van der Waals surface area contributed by atoms with E-state index in [-0.39, 0.29) is 18.5 Å². The van der Waals surface area contributed by atoms with Crippen LogP contribution in [0.15, 0.2) is 12.1 Å². The van der Waals surface area contributed by atoms with Crippen LogP contribution in [-0.4, -0.2) is 31.6 Å². The molecule has 0 saturated carbocycles. The second-order valence-electron chi connectivity index (χ2n) is 6.20. The quantitative estimate of drug-likeness (QED) is 0.902. The Hall–Kier alpha value is -1.46. The zero-order valence-electron chi connectivity index (χ0n) is 12.7. The molecule has 1 unspecified atom stereocenters. The Morgan fingerprint density at radius 1 is 1.29 bits per heavy atom. The van der Waals surface area contributed by atoms with E-state index in [9.17, 15) is 0 Å². The molecule has 3 rings (SSSR count). The largest absolute Gasteiger partial charge is 0.490 e. The average Bonchev–Trinajstić information content (AvgIpc) is 3.02. The van der Waals surface area contributed by atoms with E-state index in [1.54, 1.807) is 0 Å². The number of fused-ring (bicyclic) bond motifs is 1. The number of hydrogen-bond acceptors (Lipinski definition) is 5. The first kappa shape index (κ1) is 14.5. The molecule has 1 saturated heterocycles. The van der Waals surface area contributed by atoms with Crippen LogP contribution in [0.25, 0.3) is 0 Å². The molecule has 21 heavy (non-hydrogen) atoms. The second-order valence-corrected chi connectivity index (χ2v) is 6.20. The Bertz CT molecular complexity index is 515. The highest BCUT2D eigenvalue weighted by Gasteiger charge is 2.32. The molecule has 2 aliphatic rings. The molecule has 2 heterocycles. The van der Waals surface area contributed by atoms with Crippen molar-refractivity contribution >= 4 is 0 Å². The van der Waals surface area contributed by atoms with Crippen LogP contribution in [0.2, 0.25) is 0 Å². The van der Waals surface area contributed by atoms with Crippen LogP contribution in [-0.2, 0) is 11.2 Å². The molecule has 0 spiro atoms. The summed E-state index contributed by atoms with van der Waals surface area (Å²) < 4.78 is 22.7. The highest BCUT2D eigenvalue weighted by atomic mass is 16.7. The molecule has 0 aliphatic carbocycles. The van der Waals surface area contributed by atoms with Gasteiger partial charge in [-0.05, 0) is 51.3 Å². The Kier molecular flexibility index (Phi) is 3.95. The first-order chi connectivity index (χ1) is 10.1. The third kappa shape index (κ3) is 3.24. The summed E-state index contributed by atoms with van der Waals surface area (Å²) in [6, 6.07) is 3.86. The number of ether oxygens (including phenoxy) is 4. The minimum absolute atomic E-state index is 0.0387. The summed E-state index contributed by atoms with van der Waals surface area (Å²) in [5, 5.41) is 0. The Labute approximate surface area is 125 Å². The van der Waals surface area contributed by atoms with E-state index in [1.807, 2.05) is 12.1 Å². The van der Waals surface area contributed by atoms with Gasteiger partial charge in [-0.25, -0.2) is 0 Å². The molecular weight excluding hydrogens is 270 g/mol. The van der Waals surface area contributed by atoms with Gasteiger partial charge in [0.2, 0.25) is 6.79 Å². The van der Waals surface area contributed by atoms with Crippen molar-refractivity contribution in [3.8, 4) is 17.2 Å². The third-order valence-corrected chi connectivity index (χ3v) is 3.95. The van der Waals surface area contributed by atoms with Crippen molar-refractivity contribution in [1.82, 2.24) is 0 Å². The number of nitrogens with two attached hydrogens (primary N) is 1. The van der Waals surface area contributed by atoms with Crippen LogP contribution in [0.1, 0.15) is 32.3 Å². The zero-order chi connectivity index (χ0) is 14.9. The summed E-state index contributed by atoms with van der Waals surface area (Å²) in [6.07, 6.45) is 3.00. The van der Waals surface area contributed by atoms with Gasteiger partial charge in [0.1, 0.15) is 12.4 Å². The van der Waals surface area contributed by atoms with Gasteiger partial charge in [0.25, 0.3) is 0 Å². The highest BCUT2D eigenvalue weighted by molar-refractivity contribution is 5.52. The fourth-order valence-electron chi connectivity index (χ4n) is 2.83. The average molecular weight is 293 g/mol. The van der Waals surface area contributed by atoms with Crippen molar-refractivity contribution in [1.29, 1.82) is 0 Å². The van der Waals surface area contributed by atoms with Crippen molar-refractivity contribution in [2.75, 3.05) is 19.9 Å². The molecule has 1 fully saturated rings. The van der Waals surface area contributed by atoms with Crippen LogP contribution in [0, 0.1) is 0 Å². The van der Waals surface area contributed by atoms with Crippen LogP contribution >= 0.6 is 0 Å². The molecule has 5 heteroatoms. The van der Waals surface area contributed by atoms with Crippen LogP contribution < -0.4 is 19.9 Å². The molecule has 0 bridgehead atoms. The second kappa shape index (κ2) is 5.73. The monoisotopic (exact) mass is 293 g/mol. The molecule has 2 N–H and O–H groups in total. The zero-order valence-corrected chi connectivity index (χ0v) is 12.7. The molecule has 0 radical (unpaired) electrons.